The number of nitro benzene ring substituents is 1. The summed E-state index contributed by atoms with van der Waals surface area (Å²) in [5.41, 5.74) is 1.17. The number of nitro groups is 1. The molecule has 0 atom stereocenters. The maximum atomic E-state index is 12.5. The monoisotopic (exact) mass is 531 g/mol. The zero-order valence-corrected chi connectivity index (χ0v) is 22.9. The fourth-order valence-corrected chi connectivity index (χ4v) is 3.83. The van der Waals surface area contributed by atoms with Crippen molar-refractivity contribution in [2.75, 3.05) is 37.6 Å². The summed E-state index contributed by atoms with van der Waals surface area (Å²) in [6, 6.07) is 6.62. The average Bonchev–Trinajstić information content (AvgIpc) is 3.23. The van der Waals surface area contributed by atoms with E-state index < -0.39 is 12.7 Å². The molecule has 1 fully saturated rings. The van der Waals surface area contributed by atoms with Crippen LogP contribution in [0.4, 0.5) is 11.4 Å². The molecule has 3 aromatic rings. The van der Waals surface area contributed by atoms with Gasteiger partial charge in [-0.15, -0.1) is 0 Å². The van der Waals surface area contributed by atoms with Crippen molar-refractivity contribution < 1.29 is 53.7 Å². The molecule has 0 saturated carbocycles. The smallest absolute Gasteiger partial charge is 0.822 e. The van der Waals surface area contributed by atoms with Gasteiger partial charge in [0.1, 0.15) is 0 Å². The van der Waals surface area contributed by atoms with Gasteiger partial charge in [0, 0.05) is 71.2 Å². The number of aryl methyl sites for hydroxylation is 1. The van der Waals surface area contributed by atoms with Crippen LogP contribution in [0.2, 0.25) is 0 Å². The van der Waals surface area contributed by atoms with Gasteiger partial charge < -0.3 is 28.7 Å². The van der Waals surface area contributed by atoms with Crippen molar-refractivity contribution in [1.82, 2.24) is 23.6 Å². The summed E-state index contributed by atoms with van der Waals surface area (Å²) in [5.74, 6) is 0. The van der Waals surface area contributed by atoms with Gasteiger partial charge in [-0.25, -0.2) is 9.78 Å². The SMILES string of the molecule is Cn1c(=O)c2c(ncn2CCN2CCN(c3ccc([N+](=O)[O-])cc3)CC2)n(C)c1=O.O=P([O-])([O-])[O-].[Na+]. The predicted molar refractivity (Wildman–Crippen MR) is 120 cm³/mol. The molecule has 0 spiro atoms. The first-order chi connectivity index (χ1) is 16.4. The van der Waals surface area contributed by atoms with Gasteiger partial charge in [-0.05, 0) is 12.1 Å². The molecule has 0 unspecified atom stereocenters. The van der Waals surface area contributed by atoms with Crippen molar-refractivity contribution in [1.29, 1.82) is 0 Å². The molecular formula is C19H23N7NaO8P-2. The zero-order valence-electron chi connectivity index (χ0n) is 20.0. The fourth-order valence-electron chi connectivity index (χ4n) is 3.83. The van der Waals surface area contributed by atoms with E-state index in [0.717, 1.165) is 43.0 Å². The van der Waals surface area contributed by atoms with Gasteiger partial charge in [0.15, 0.2) is 11.2 Å². The normalized spacial score (nSPS) is 14.2. The van der Waals surface area contributed by atoms with Crippen LogP contribution in [0.15, 0.2) is 40.2 Å². The second kappa shape index (κ2) is 12.3. The summed E-state index contributed by atoms with van der Waals surface area (Å²) in [5, 5.41) is 10.8. The Kier molecular flexibility index (Phi) is 10.2. The largest absolute Gasteiger partial charge is 1.00 e. The second-order valence-electron chi connectivity index (χ2n) is 7.87. The van der Waals surface area contributed by atoms with Crippen LogP contribution in [0, 0.1) is 10.1 Å². The van der Waals surface area contributed by atoms with Crippen LogP contribution in [-0.2, 0) is 25.2 Å². The van der Waals surface area contributed by atoms with E-state index in [2.05, 4.69) is 14.8 Å². The Morgan fingerprint density at radius 2 is 1.53 bits per heavy atom. The number of fused-ring (bicyclic) bond motifs is 1. The summed E-state index contributed by atoms with van der Waals surface area (Å²) in [4.78, 5) is 69.4. The number of imidazole rings is 1. The summed E-state index contributed by atoms with van der Waals surface area (Å²) in [7, 11) is -2.31. The van der Waals surface area contributed by atoms with Gasteiger partial charge in [0.2, 0.25) is 0 Å². The van der Waals surface area contributed by atoms with Gasteiger partial charge in [-0.1, -0.05) is 0 Å². The van der Waals surface area contributed by atoms with Crippen LogP contribution in [0.3, 0.4) is 0 Å². The fraction of sp³-hybridized carbons (Fsp3) is 0.421. The van der Waals surface area contributed by atoms with E-state index in [1.54, 1.807) is 30.1 Å². The van der Waals surface area contributed by atoms with E-state index in [4.69, 9.17) is 19.2 Å². The summed E-state index contributed by atoms with van der Waals surface area (Å²) < 4.78 is 12.8. The van der Waals surface area contributed by atoms with Crippen molar-refractivity contribution in [3.05, 3.63) is 61.5 Å². The van der Waals surface area contributed by atoms with E-state index in [9.17, 15) is 19.7 Å². The minimum Gasteiger partial charge on any atom is -0.822 e. The minimum atomic E-state index is -5.39. The first-order valence-corrected chi connectivity index (χ1v) is 11.9. The standard InChI is InChI=1S/C19H23N7O4.Na.H3O4P/c1-21-17-16(18(27)22(2)19(21)28)25(13-20-17)12-9-23-7-10-24(11-8-23)14-3-5-15(6-4-14)26(29)30;;1-5(2,3)4/h3-6,13H,7-12H2,1-2H3;;(H3,1,2,3,4)/q;+1;/p-3. The maximum Gasteiger partial charge on any atom is 1.00 e. The van der Waals surface area contributed by atoms with E-state index in [1.165, 1.54) is 23.7 Å². The third kappa shape index (κ3) is 7.33. The maximum absolute atomic E-state index is 12.5. The Morgan fingerprint density at radius 1 is 0.972 bits per heavy atom. The molecule has 0 bridgehead atoms. The predicted octanol–water partition coefficient (Wildman–Crippen LogP) is -5.66. The van der Waals surface area contributed by atoms with Crippen LogP contribution in [0.5, 0.6) is 0 Å². The number of non-ortho nitro benzene ring substituents is 1. The zero-order chi connectivity index (χ0) is 25.9. The van der Waals surface area contributed by atoms with Gasteiger partial charge in [0.05, 0.1) is 11.3 Å². The van der Waals surface area contributed by atoms with Crippen LogP contribution in [0.25, 0.3) is 11.2 Å². The number of phosphoric acid groups is 1. The second-order valence-corrected chi connectivity index (χ2v) is 8.76. The number of piperazine rings is 1. The Labute approximate surface area is 226 Å². The number of aromatic nitrogens is 4. The first-order valence-electron chi connectivity index (χ1n) is 10.4. The molecule has 0 N–H and O–H groups in total. The third-order valence-electron chi connectivity index (χ3n) is 5.67. The molecule has 1 aliphatic rings. The van der Waals surface area contributed by atoms with E-state index in [0.29, 0.717) is 17.7 Å². The summed E-state index contributed by atoms with van der Waals surface area (Å²) >= 11 is 0. The minimum absolute atomic E-state index is 0. The number of benzene rings is 1. The van der Waals surface area contributed by atoms with Gasteiger partial charge in [0.25, 0.3) is 11.2 Å². The van der Waals surface area contributed by atoms with Crippen molar-refractivity contribution in [3.8, 4) is 0 Å². The van der Waals surface area contributed by atoms with Gasteiger partial charge in [-0.2, -0.15) is 7.82 Å². The molecule has 17 heteroatoms. The van der Waals surface area contributed by atoms with E-state index in [1.807, 2.05) is 0 Å². The molecule has 4 rings (SSSR count). The third-order valence-corrected chi connectivity index (χ3v) is 5.67. The van der Waals surface area contributed by atoms with E-state index in [-0.39, 0.29) is 46.5 Å². The molecule has 2 aromatic heterocycles. The Hall–Kier alpha value is -2.36. The molecule has 3 heterocycles. The molecular weight excluding hydrogens is 508 g/mol. The van der Waals surface area contributed by atoms with Crippen molar-refractivity contribution in [2.24, 2.45) is 14.1 Å². The van der Waals surface area contributed by atoms with Crippen molar-refractivity contribution in [2.45, 2.75) is 6.54 Å². The molecule has 1 saturated heterocycles. The number of anilines is 1. The van der Waals surface area contributed by atoms with Crippen LogP contribution < -0.4 is 60.4 Å². The van der Waals surface area contributed by atoms with Crippen LogP contribution >= 0.6 is 7.82 Å². The number of hydrogen-bond acceptors (Lipinski definition) is 11. The van der Waals surface area contributed by atoms with Crippen molar-refractivity contribution >= 4 is 30.4 Å². The molecule has 0 aliphatic carbocycles. The Morgan fingerprint density at radius 3 is 2.06 bits per heavy atom. The Bertz CT molecular complexity index is 1370. The quantitative estimate of drug-likeness (QED) is 0.132. The Balaban J connectivity index is 0.000000694. The first kappa shape index (κ1) is 29.9. The van der Waals surface area contributed by atoms with Crippen LogP contribution in [-0.4, -0.2) is 61.2 Å². The molecule has 1 aromatic carbocycles. The molecule has 190 valence electrons. The van der Waals surface area contributed by atoms with Crippen molar-refractivity contribution in [3.63, 3.8) is 0 Å². The van der Waals surface area contributed by atoms with Gasteiger partial charge in [-0.3, -0.25) is 28.9 Å². The number of nitrogens with zero attached hydrogens (tertiary/aromatic N) is 7. The number of rotatable bonds is 5. The molecule has 36 heavy (non-hydrogen) atoms. The summed E-state index contributed by atoms with van der Waals surface area (Å²) in [6.45, 7) is 4.69. The van der Waals surface area contributed by atoms with Gasteiger partial charge >= 0.3 is 35.2 Å². The molecule has 15 nitrogen and oxygen atoms in total. The molecule has 1 aliphatic heterocycles. The summed E-state index contributed by atoms with van der Waals surface area (Å²) in [6.07, 6.45) is 1.61. The molecule has 0 radical (unpaired) electrons. The number of hydrogen-bond donors (Lipinski definition) is 0. The van der Waals surface area contributed by atoms with E-state index >= 15 is 0 Å². The average molecular weight is 531 g/mol. The van der Waals surface area contributed by atoms with Crippen LogP contribution in [0.1, 0.15) is 0 Å². The topological polar surface area (TPSA) is 198 Å². The molecule has 0 amide bonds.